The van der Waals surface area contributed by atoms with E-state index in [0.29, 0.717) is 32.8 Å². The quantitative estimate of drug-likeness (QED) is 0.169. The lowest BCUT2D eigenvalue weighted by Crippen LogP contribution is -2.33. The maximum atomic E-state index is 15.3. The van der Waals surface area contributed by atoms with Crippen molar-refractivity contribution in [3.8, 4) is 28.1 Å². The number of halogens is 6. The Morgan fingerprint density at radius 2 is 1.72 bits per heavy atom. The molecule has 4 aromatic heterocycles. The summed E-state index contributed by atoms with van der Waals surface area (Å²) in [6.45, 7) is -2.91. The van der Waals surface area contributed by atoms with Crippen molar-refractivity contribution < 1.29 is 26.6 Å². The average Bonchev–Trinajstić information content (AvgIpc) is 3.80. The molecule has 4 heterocycles. The van der Waals surface area contributed by atoms with Gasteiger partial charge < -0.3 is 0 Å². The van der Waals surface area contributed by atoms with Gasteiger partial charge in [-0.1, -0.05) is 52.4 Å². The summed E-state index contributed by atoms with van der Waals surface area (Å²) in [7, 11) is 0. The van der Waals surface area contributed by atoms with E-state index in [0.717, 1.165) is 0 Å². The van der Waals surface area contributed by atoms with Crippen molar-refractivity contribution in [3.63, 3.8) is 0 Å². The molecule has 1 N–H and O–H groups in total. The van der Waals surface area contributed by atoms with E-state index in [2.05, 4.69) is 35.9 Å². The van der Waals surface area contributed by atoms with Crippen LogP contribution in [-0.4, -0.2) is 45.3 Å². The number of aromatic nitrogens is 10. The Balaban J connectivity index is 1.39. The second-order valence-electron chi connectivity index (χ2n) is 9.34. The molecule has 0 saturated carbocycles. The molecule has 0 bridgehead atoms. The van der Waals surface area contributed by atoms with Crippen LogP contribution in [0.25, 0.3) is 28.1 Å². The molecular formula is C27H19ClF5N10+. The Labute approximate surface area is 244 Å². The highest BCUT2D eigenvalue weighted by Gasteiger charge is 2.23. The molecule has 43 heavy (non-hydrogen) atoms. The zero-order valence-corrected chi connectivity index (χ0v) is 22.5. The van der Waals surface area contributed by atoms with Crippen LogP contribution in [0.15, 0.2) is 79.6 Å². The van der Waals surface area contributed by atoms with Gasteiger partial charge in [-0.3, -0.25) is 9.67 Å². The van der Waals surface area contributed by atoms with Gasteiger partial charge in [0.15, 0.2) is 11.0 Å². The number of H-pyrrole nitrogens is 1. The van der Waals surface area contributed by atoms with Crippen LogP contribution in [0, 0.1) is 5.82 Å². The summed E-state index contributed by atoms with van der Waals surface area (Å²) in [6.07, 6.45) is 4.61. The number of alkyl halides is 4. The Bertz CT molecular complexity index is 1840. The summed E-state index contributed by atoms with van der Waals surface area (Å²) in [5.41, 5.74) is 2.37. The summed E-state index contributed by atoms with van der Waals surface area (Å²) in [6, 6.07) is 11.5. The highest BCUT2D eigenvalue weighted by molar-refractivity contribution is 6.31. The third-order valence-electron chi connectivity index (χ3n) is 6.76. The van der Waals surface area contributed by atoms with Gasteiger partial charge in [0.05, 0.1) is 40.4 Å². The highest BCUT2D eigenvalue weighted by atomic mass is 35.5. The first kappa shape index (κ1) is 28.1. The van der Waals surface area contributed by atoms with Crippen LogP contribution >= 0.6 is 11.6 Å². The zero-order valence-electron chi connectivity index (χ0n) is 21.7. The highest BCUT2D eigenvalue weighted by Crippen LogP contribution is 2.33. The molecule has 0 aliphatic rings. The molecule has 0 spiro atoms. The second-order valence-corrected chi connectivity index (χ2v) is 9.75. The van der Waals surface area contributed by atoms with Crippen LogP contribution in [0.3, 0.4) is 0 Å². The number of hydrogen-bond acceptors (Lipinski definition) is 6. The van der Waals surface area contributed by atoms with Gasteiger partial charge in [0, 0.05) is 35.5 Å². The van der Waals surface area contributed by atoms with Gasteiger partial charge in [0.1, 0.15) is 10.8 Å². The zero-order chi connectivity index (χ0) is 30.1. The molecule has 0 aliphatic heterocycles. The first-order valence-corrected chi connectivity index (χ1v) is 13.0. The molecule has 0 unspecified atom stereocenters. The van der Waals surface area contributed by atoms with Crippen molar-refractivity contribution in [1.82, 2.24) is 45.3 Å². The Hall–Kier alpha value is -5.05. The number of rotatable bonds is 9. The molecule has 0 saturated heterocycles. The number of aromatic amines is 1. The third kappa shape index (κ3) is 5.58. The fourth-order valence-corrected chi connectivity index (χ4v) is 4.81. The first-order valence-electron chi connectivity index (χ1n) is 12.6. The van der Waals surface area contributed by atoms with Crippen molar-refractivity contribution in [2.75, 3.05) is 0 Å². The van der Waals surface area contributed by atoms with E-state index in [1.165, 1.54) is 52.5 Å². The van der Waals surface area contributed by atoms with Gasteiger partial charge in [-0.2, -0.15) is 18.6 Å². The number of nitrogens with zero attached hydrogens (tertiary/aromatic N) is 9. The molecule has 6 rings (SSSR count). The molecule has 0 amide bonds. The lowest BCUT2D eigenvalue weighted by atomic mass is 9.99. The molecule has 6 aromatic rings. The molecule has 10 nitrogen and oxygen atoms in total. The van der Waals surface area contributed by atoms with Crippen molar-refractivity contribution >= 4 is 11.6 Å². The predicted octanol–water partition coefficient (Wildman–Crippen LogP) is 5.56. The summed E-state index contributed by atoms with van der Waals surface area (Å²) >= 11 is 6.09. The van der Waals surface area contributed by atoms with Crippen molar-refractivity contribution in [2.45, 2.75) is 25.4 Å². The standard InChI is InChI=1S/C27H18ClF5N10/c28-19-6-8-21(42-14-36-38-40-42)24(25(19)29)17-5-7-20(34-10-17)22(9-15-1-3-16(4-2-15)26(30)31)41-13-18(11-37-41)23-12-35-39-43(23)27(32)33/h1-8,10-14,22,26-27H,9H2/p+1/t22-/m1/s1. The van der Waals surface area contributed by atoms with Gasteiger partial charge in [-0.05, 0) is 23.8 Å². The number of benzene rings is 2. The van der Waals surface area contributed by atoms with Crippen LogP contribution in [-0.2, 0) is 6.42 Å². The van der Waals surface area contributed by atoms with Crippen LogP contribution in [0.2, 0.25) is 5.02 Å². The molecular weight excluding hydrogens is 595 g/mol. The largest absolute Gasteiger partial charge is 0.335 e. The fraction of sp³-hybridized carbons (Fsp3) is 0.148. The molecule has 218 valence electrons. The minimum Gasteiger partial charge on any atom is -0.263 e. The van der Waals surface area contributed by atoms with E-state index >= 15 is 4.39 Å². The molecule has 0 radical (unpaired) electrons. The second kappa shape index (κ2) is 11.7. The minimum absolute atomic E-state index is 0.0550. The van der Waals surface area contributed by atoms with Crippen molar-refractivity contribution in [2.24, 2.45) is 0 Å². The predicted molar refractivity (Wildman–Crippen MR) is 142 cm³/mol. The summed E-state index contributed by atoms with van der Waals surface area (Å²) < 4.78 is 71.8. The van der Waals surface area contributed by atoms with E-state index in [1.807, 2.05) is 0 Å². The Morgan fingerprint density at radius 1 is 0.907 bits per heavy atom. The Kier molecular flexibility index (Phi) is 7.63. The average molecular weight is 614 g/mol. The molecule has 1 atom stereocenters. The number of nitrogens with one attached hydrogen (secondary N) is 1. The van der Waals surface area contributed by atoms with E-state index in [4.69, 9.17) is 11.6 Å². The molecule has 0 fully saturated rings. The number of hydrogen-bond donors (Lipinski definition) is 1. The van der Waals surface area contributed by atoms with Crippen LogP contribution in [0.5, 0.6) is 0 Å². The Morgan fingerprint density at radius 3 is 2.40 bits per heavy atom. The smallest absolute Gasteiger partial charge is 0.263 e. The van der Waals surface area contributed by atoms with E-state index in [9.17, 15) is 17.6 Å². The van der Waals surface area contributed by atoms with Gasteiger partial charge in [-0.25, -0.2) is 13.2 Å². The van der Waals surface area contributed by atoms with E-state index < -0.39 is 24.8 Å². The van der Waals surface area contributed by atoms with E-state index in [1.54, 1.807) is 36.5 Å². The van der Waals surface area contributed by atoms with Crippen LogP contribution in [0.1, 0.15) is 35.8 Å². The summed E-state index contributed by atoms with van der Waals surface area (Å²) in [4.78, 5) is 4.59. The third-order valence-corrected chi connectivity index (χ3v) is 7.06. The maximum Gasteiger partial charge on any atom is 0.335 e. The summed E-state index contributed by atoms with van der Waals surface area (Å²) in [5, 5.41) is 21.3. The fourth-order valence-electron chi connectivity index (χ4n) is 4.65. The number of pyridine rings is 1. The summed E-state index contributed by atoms with van der Waals surface area (Å²) in [5.74, 6) is -0.674. The van der Waals surface area contributed by atoms with Gasteiger partial charge >= 0.3 is 6.55 Å². The lowest BCUT2D eigenvalue weighted by Gasteiger charge is -2.18. The van der Waals surface area contributed by atoms with Crippen molar-refractivity contribution in [1.29, 1.82) is 0 Å². The molecule has 2 aromatic carbocycles. The van der Waals surface area contributed by atoms with Crippen LogP contribution in [0.4, 0.5) is 22.0 Å². The maximum absolute atomic E-state index is 15.3. The van der Waals surface area contributed by atoms with Gasteiger partial charge in [0.2, 0.25) is 0 Å². The topological polar surface area (TPSA) is 107 Å². The first-order chi connectivity index (χ1) is 20.8. The SMILES string of the molecule is Fc1c(Cl)ccc(-[n+]2cnn[nH]2)c1-c1ccc([C@@H](Cc2ccc(C(F)F)cc2)n2cc(-c3cnnn3C(F)F)cn2)nc1. The minimum atomic E-state index is -2.91. The molecule has 16 heteroatoms. The number of tetrazole rings is 1. The lowest BCUT2D eigenvalue weighted by molar-refractivity contribution is -0.659. The molecule has 0 aliphatic carbocycles. The van der Waals surface area contributed by atoms with Crippen molar-refractivity contribution in [3.05, 3.63) is 107 Å². The van der Waals surface area contributed by atoms with Gasteiger partial charge in [-0.15, -0.1) is 9.78 Å². The van der Waals surface area contributed by atoms with Gasteiger partial charge in [0.25, 0.3) is 12.8 Å². The van der Waals surface area contributed by atoms with Crippen LogP contribution < -0.4 is 4.68 Å². The van der Waals surface area contributed by atoms with E-state index in [-0.39, 0.29) is 28.3 Å². The monoisotopic (exact) mass is 613 g/mol. The normalized spacial score (nSPS) is 12.4.